The Kier molecular flexibility index (Phi) is 4.77. The summed E-state index contributed by atoms with van der Waals surface area (Å²) in [5.41, 5.74) is 0. The molecule has 90 valence electrons. The molecule has 0 aromatic carbocycles. The van der Waals surface area contributed by atoms with Crippen LogP contribution in [-0.4, -0.2) is 36.5 Å². The highest BCUT2D eigenvalue weighted by atomic mass is 35.5. The van der Waals surface area contributed by atoms with Crippen LogP contribution in [0.4, 0.5) is 0 Å². The fourth-order valence-corrected chi connectivity index (χ4v) is 2.66. The molecule has 0 saturated carbocycles. The quantitative estimate of drug-likeness (QED) is 0.837. The Balaban J connectivity index is 0.00000128. The molecule has 1 aromatic rings. The monoisotopic (exact) mass is 260 g/mol. The summed E-state index contributed by atoms with van der Waals surface area (Å²) in [5.74, 6) is 0.183. The highest BCUT2D eigenvalue weighted by Crippen LogP contribution is 2.18. The molecule has 0 bridgehead atoms. The van der Waals surface area contributed by atoms with Gasteiger partial charge in [-0.05, 0) is 26.0 Å². The SMILES string of the molecule is Cc1ccc(C(=O)N2CCNC[C@@H]2C)s1.Cl. The van der Waals surface area contributed by atoms with E-state index < -0.39 is 0 Å². The number of nitrogens with zero attached hydrogens (tertiary/aromatic N) is 1. The molecule has 0 radical (unpaired) electrons. The van der Waals surface area contributed by atoms with Crippen LogP contribution < -0.4 is 5.32 Å². The van der Waals surface area contributed by atoms with E-state index >= 15 is 0 Å². The van der Waals surface area contributed by atoms with Crippen molar-refractivity contribution in [3.8, 4) is 0 Å². The first-order valence-corrected chi connectivity index (χ1v) is 6.08. The second-order valence-electron chi connectivity index (χ2n) is 3.96. The molecule has 0 spiro atoms. The fraction of sp³-hybridized carbons (Fsp3) is 0.545. The van der Waals surface area contributed by atoms with E-state index in [0.717, 1.165) is 24.5 Å². The molecule has 16 heavy (non-hydrogen) atoms. The van der Waals surface area contributed by atoms with Gasteiger partial charge in [0.25, 0.3) is 5.91 Å². The molecule has 0 unspecified atom stereocenters. The molecule has 2 heterocycles. The van der Waals surface area contributed by atoms with Gasteiger partial charge in [0.05, 0.1) is 4.88 Å². The largest absolute Gasteiger partial charge is 0.333 e. The summed E-state index contributed by atoms with van der Waals surface area (Å²) in [6.45, 7) is 6.74. The number of nitrogens with one attached hydrogen (secondary N) is 1. The Morgan fingerprint density at radius 3 is 2.88 bits per heavy atom. The maximum atomic E-state index is 12.1. The van der Waals surface area contributed by atoms with Gasteiger partial charge >= 0.3 is 0 Å². The molecule has 2 rings (SSSR count). The molecule has 1 amide bonds. The second-order valence-corrected chi connectivity index (χ2v) is 5.25. The molecule has 1 aliphatic heterocycles. The minimum absolute atomic E-state index is 0. The van der Waals surface area contributed by atoms with Crippen LogP contribution >= 0.6 is 23.7 Å². The number of carbonyl (C=O) groups is 1. The van der Waals surface area contributed by atoms with Gasteiger partial charge in [-0.2, -0.15) is 0 Å². The zero-order valence-corrected chi connectivity index (χ0v) is 11.2. The number of halogens is 1. The van der Waals surface area contributed by atoms with Crippen LogP contribution in [0.5, 0.6) is 0 Å². The van der Waals surface area contributed by atoms with Crippen molar-refractivity contribution in [3.05, 3.63) is 21.9 Å². The number of rotatable bonds is 1. The summed E-state index contributed by atoms with van der Waals surface area (Å²) in [5, 5.41) is 3.29. The summed E-state index contributed by atoms with van der Waals surface area (Å²) in [4.78, 5) is 16.1. The lowest BCUT2D eigenvalue weighted by molar-refractivity contribution is 0.0661. The van der Waals surface area contributed by atoms with Crippen LogP contribution in [-0.2, 0) is 0 Å². The number of hydrogen-bond donors (Lipinski definition) is 1. The van der Waals surface area contributed by atoms with Crippen molar-refractivity contribution < 1.29 is 4.79 Å². The van der Waals surface area contributed by atoms with E-state index in [1.807, 2.05) is 24.0 Å². The molecule has 1 N–H and O–H groups in total. The highest BCUT2D eigenvalue weighted by Gasteiger charge is 2.24. The molecule has 1 aromatic heterocycles. The smallest absolute Gasteiger partial charge is 0.264 e. The van der Waals surface area contributed by atoms with Crippen molar-refractivity contribution in [2.45, 2.75) is 19.9 Å². The maximum Gasteiger partial charge on any atom is 0.264 e. The maximum absolute atomic E-state index is 12.1. The Morgan fingerprint density at radius 1 is 1.56 bits per heavy atom. The number of thiophene rings is 1. The molecule has 1 atom stereocenters. The first kappa shape index (κ1) is 13.5. The third-order valence-electron chi connectivity index (χ3n) is 2.71. The van der Waals surface area contributed by atoms with Gasteiger partial charge in [-0.15, -0.1) is 23.7 Å². The Morgan fingerprint density at radius 2 is 2.31 bits per heavy atom. The van der Waals surface area contributed by atoms with Gasteiger partial charge in [0, 0.05) is 30.6 Å². The van der Waals surface area contributed by atoms with E-state index in [9.17, 15) is 4.79 Å². The van der Waals surface area contributed by atoms with Crippen molar-refractivity contribution in [1.29, 1.82) is 0 Å². The second kappa shape index (κ2) is 5.66. The van der Waals surface area contributed by atoms with Gasteiger partial charge in [-0.1, -0.05) is 0 Å². The van der Waals surface area contributed by atoms with Gasteiger partial charge in [0.2, 0.25) is 0 Å². The van der Waals surface area contributed by atoms with Crippen molar-refractivity contribution in [3.63, 3.8) is 0 Å². The summed E-state index contributed by atoms with van der Waals surface area (Å²) < 4.78 is 0. The van der Waals surface area contributed by atoms with E-state index in [0.29, 0.717) is 6.04 Å². The molecule has 1 aliphatic rings. The summed E-state index contributed by atoms with van der Waals surface area (Å²) in [7, 11) is 0. The van der Waals surface area contributed by atoms with E-state index in [-0.39, 0.29) is 18.3 Å². The minimum Gasteiger partial charge on any atom is -0.333 e. The lowest BCUT2D eigenvalue weighted by atomic mass is 10.2. The van der Waals surface area contributed by atoms with E-state index in [2.05, 4.69) is 12.2 Å². The van der Waals surface area contributed by atoms with Gasteiger partial charge in [0.1, 0.15) is 0 Å². The van der Waals surface area contributed by atoms with Gasteiger partial charge in [-0.3, -0.25) is 4.79 Å². The topological polar surface area (TPSA) is 32.3 Å². The lowest BCUT2D eigenvalue weighted by Gasteiger charge is -2.33. The first-order valence-electron chi connectivity index (χ1n) is 5.26. The summed E-state index contributed by atoms with van der Waals surface area (Å²) >= 11 is 1.58. The average molecular weight is 261 g/mol. The van der Waals surface area contributed by atoms with Crippen LogP contribution in [0.1, 0.15) is 21.5 Å². The number of hydrogen-bond acceptors (Lipinski definition) is 3. The number of piperazine rings is 1. The molecule has 5 heteroatoms. The highest BCUT2D eigenvalue weighted by molar-refractivity contribution is 7.13. The van der Waals surface area contributed by atoms with Crippen molar-refractivity contribution in [1.82, 2.24) is 10.2 Å². The zero-order chi connectivity index (χ0) is 10.8. The van der Waals surface area contributed by atoms with Crippen LogP contribution in [0.3, 0.4) is 0 Å². The van der Waals surface area contributed by atoms with Crippen molar-refractivity contribution in [2.24, 2.45) is 0 Å². The normalized spacial score (nSPS) is 20.4. The third-order valence-corrected chi connectivity index (χ3v) is 3.70. The molecule has 1 fully saturated rings. The van der Waals surface area contributed by atoms with Crippen molar-refractivity contribution in [2.75, 3.05) is 19.6 Å². The Hall–Kier alpha value is -0.580. The summed E-state index contributed by atoms with van der Waals surface area (Å²) in [6, 6.07) is 4.23. The minimum atomic E-state index is 0. The molecule has 1 saturated heterocycles. The molecule has 3 nitrogen and oxygen atoms in total. The molecule has 0 aliphatic carbocycles. The third kappa shape index (κ3) is 2.75. The first-order chi connectivity index (χ1) is 7.18. The van der Waals surface area contributed by atoms with Gasteiger partial charge in [0.15, 0.2) is 0 Å². The van der Waals surface area contributed by atoms with E-state index in [1.54, 1.807) is 11.3 Å². The lowest BCUT2D eigenvalue weighted by Crippen LogP contribution is -2.52. The van der Waals surface area contributed by atoms with Gasteiger partial charge < -0.3 is 10.2 Å². The van der Waals surface area contributed by atoms with Crippen LogP contribution in [0.2, 0.25) is 0 Å². The fourth-order valence-electron chi connectivity index (χ4n) is 1.83. The summed E-state index contributed by atoms with van der Waals surface area (Å²) in [6.07, 6.45) is 0. The van der Waals surface area contributed by atoms with Crippen molar-refractivity contribution >= 4 is 29.7 Å². The van der Waals surface area contributed by atoms with Crippen LogP contribution in [0.25, 0.3) is 0 Å². The number of aryl methyl sites for hydroxylation is 1. The molecular weight excluding hydrogens is 244 g/mol. The zero-order valence-electron chi connectivity index (χ0n) is 9.53. The standard InChI is InChI=1S/C11H16N2OS.ClH/c1-8-7-12-5-6-13(8)11(14)10-4-3-9(2)15-10;/h3-4,8,12H,5-7H2,1-2H3;1H/t8-;/m0./s1. The van der Waals surface area contributed by atoms with Gasteiger partial charge in [-0.25, -0.2) is 0 Å². The predicted octanol–water partition coefficient (Wildman–Crippen LogP) is 1.91. The van der Waals surface area contributed by atoms with E-state index in [1.165, 1.54) is 4.88 Å². The Bertz CT molecular complexity index is 367. The molecular formula is C11H17ClN2OS. The number of amides is 1. The van der Waals surface area contributed by atoms with E-state index in [4.69, 9.17) is 0 Å². The van der Waals surface area contributed by atoms with Crippen LogP contribution in [0, 0.1) is 6.92 Å². The predicted molar refractivity (Wildman–Crippen MR) is 69.7 cm³/mol. The average Bonchev–Trinajstić information content (AvgIpc) is 2.65. The Labute approximate surface area is 106 Å². The number of carbonyl (C=O) groups excluding carboxylic acids is 1. The van der Waals surface area contributed by atoms with Crippen LogP contribution in [0.15, 0.2) is 12.1 Å².